The number of esters is 1. The molecule has 1 heterocycles. The SMILES string of the molecule is CCOC(=O)CCN(CCCN1CCOCC1)C(=O)c1ccccc1OC. The third-order valence-corrected chi connectivity index (χ3v) is 4.52. The van der Waals surface area contributed by atoms with Crippen molar-refractivity contribution in [3.63, 3.8) is 0 Å². The van der Waals surface area contributed by atoms with Crippen LogP contribution in [-0.2, 0) is 14.3 Å². The van der Waals surface area contributed by atoms with Gasteiger partial charge in [-0.3, -0.25) is 14.5 Å². The second kappa shape index (κ2) is 11.6. The molecule has 1 aromatic rings. The van der Waals surface area contributed by atoms with E-state index in [4.69, 9.17) is 14.2 Å². The number of amides is 1. The normalized spacial score (nSPS) is 14.6. The van der Waals surface area contributed by atoms with Gasteiger partial charge in [-0.25, -0.2) is 0 Å². The van der Waals surface area contributed by atoms with E-state index < -0.39 is 0 Å². The molecule has 0 bridgehead atoms. The van der Waals surface area contributed by atoms with Gasteiger partial charge in [0.1, 0.15) is 5.75 Å². The predicted molar refractivity (Wildman–Crippen MR) is 102 cm³/mol. The topological polar surface area (TPSA) is 68.3 Å². The highest BCUT2D eigenvalue weighted by molar-refractivity contribution is 5.97. The first-order valence-corrected chi connectivity index (χ1v) is 9.53. The monoisotopic (exact) mass is 378 g/mol. The molecule has 1 aromatic carbocycles. The van der Waals surface area contributed by atoms with Crippen molar-refractivity contribution < 1.29 is 23.8 Å². The van der Waals surface area contributed by atoms with Crippen LogP contribution in [-0.4, -0.2) is 81.3 Å². The Kier molecular flexibility index (Phi) is 9.07. The summed E-state index contributed by atoms with van der Waals surface area (Å²) in [4.78, 5) is 28.8. The number of carbonyl (C=O) groups excluding carboxylic acids is 2. The summed E-state index contributed by atoms with van der Waals surface area (Å²) in [6.07, 6.45) is 1.02. The molecule has 1 aliphatic heterocycles. The van der Waals surface area contributed by atoms with Crippen LogP contribution in [0.15, 0.2) is 24.3 Å². The van der Waals surface area contributed by atoms with Crippen LogP contribution >= 0.6 is 0 Å². The Morgan fingerprint density at radius 2 is 1.93 bits per heavy atom. The number of hydrogen-bond donors (Lipinski definition) is 0. The molecule has 150 valence electrons. The van der Waals surface area contributed by atoms with Gasteiger partial charge in [0.15, 0.2) is 0 Å². The van der Waals surface area contributed by atoms with E-state index in [1.54, 1.807) is 31.1 Å². The van der Waals surface area contributed by atoms with Crippen molar-refractivity contribution in [1.82, 2.24) is 9.80 Å². The van der Waals surface area contributed by atoms with Crippen LogP contribution < -0.4 is 4.74 Å². The molecule has 0 saturated carbocycles. The molecule has 0 radical (unpaired) electrons. The minimum atomic E-state index is -0.288. The largest absolute Gasteiger partial charge is 0.496 e. The summed E-state index contributed by atoms with van der Waals surface area (Å²) in [6.45, 7) is 7.28. The lowest BCUT2D eigenvalue weighted by molar-refractivity contribution is -0.143. The van der Waals surface area contributed by atoms with Crippen molar-refractivity contribution in [1.29, 1.82) is 0 Å². The second-order valence-electron chi connectivity index (χ2n) is 6.36. The maximum absolute atomic E-state index is 13.0. The smallest absolute Gasteiger partial charge is 0.307 e. The van der Waals surface area contributed by atoms with Gasteiger partial charge >= 0.3 is 5.97 Å². The van der Waals surface area contributed by atoms with Crippen LogP contribution in [0.4, 0.5) is 0 Å². The fourth-order valence-electron chi connectivity index (χ4n) is 3.08. The number of ether oxygens (including phenoxy) is 3. The van der Waals surface area contributed by atoms with Gasteiger partial charge < -0.3 is 19.1 Å². The van der Waals surface area contributed by atoms with Gasteiger partial charge in [0, 0.05) is 32.7 Å². The van der Waals surface area contributed by atoms with Gasteiger partial charge in [0.05, 0.1) is 38.9 Å². The van der Waals surface area contributed by atoms with E-state index in [-0.39, 0.29) is 18.3 Å². The molecule has 1 saturated heterocycles. The number of benzene rings is 1. The molecule has 0 atom stereocenters. The zero-order valence-corrected chi connectivity index (χ0v) is 16.3. The third kappa shape index (κ3) is 6.84. The van der Waals surface area contributed by atoms with E-state index in [2.05, 4.69) is 4.90 Å². The molecule has 0 spiro atoms. The van der Waals surface area contributed by atoms with Gasteiger partial charge in [0.25, 0.3) is 5.91 Å². The summed E-state index contributed by atoms with van der Waals surface area (Å²) in [5, 5.41) is 0. The minimum absolute atomic E-state index is 0.126. The van der Waals surface area contributed by atoms with E-state index in [1.165, 1.54) is 0 Å². The zero-order valence-electron chi connectivity index (χ0n) is 16.3. The molecule has 0 aliphatic carbocycles. The lowest BCUT2D eigenvalue weighted by Crippen LogP contribution is -2.39. The summed E-state index contributed by atoms with van der Waals surface area (Å²) in [5.74, 6) is 0.124. The Morgan fingerprint density at radius 3 is 2.63 bits per heavy atom. The van der Waals surface area contributed by atoms with Crippen LogP contribution in [0.25, 0.3) is 0 Å². The molecule has 7 nitrogen and oxygen atoms in total. The fourth-order valence-corrected chi connectivity index (χ4v) is 3.08. The second-order valence-corrected chi connectivity index (χ2v) is 6.36. The van der Waals surface area contributed by atoms with E-state index in [9.17, 15) is 9.59 Å². The van der Waals surface area contributed by atoms with Gasteiger partial charge in [-0.05, 0) is 25.5 Å². The number of hydrogen-bond acceptors (Lipinski definition) is 6. The first-order valence-electron chi connectivity index (χ1n) is 9.53. The average Bonchev–Trinajstić information content (AvgIpc) is 2.71. The summed E-state index contributed by atoms with van der Waals surface area (Å²) < 4.78 is 15.7. The highest BCUT2D eigenvalue weighted by atomic mass is 16.5. The van der Waals surface area contributed by atoms with Crippen molar-refractivity contribution in [3.8, 4) is 5.75 Å². The quantitative estimate of drug-likeness (QED) is 0.579. The van der Waals surface area contributed by atoms with E-state index in [1.807, 2.05) is 12.1 Å². The number of rotatable bonds is 10. The molecule has 0 N–H and O–H groups in total. The number of methoxy groups -OCH3 is 1. The van der Waals surface area contributed by atoms with Crippen LogP contribution in [0.3, 0.4) is 0 Å². The zero-order chi connectivity index (χ0) is 19.5. The van der Waals surface area contributed by atoms with Gasteiger partial charge in [0.2, 0.25) is 0 Å². The average molecular weight is 378 g/mol. The first-order chi connectivity index (χ1) is 13.2. The highest BCUT2D eigenvalue weighted by Gasteiger charge is 2.21. The Bertz CT molecular complexity index is 602. The first kappa shape index (κ1) is 21.2. The van der Waals surface area contributed by atoms with Crippen molar-refractivity contribution in [2.45, 2.75) is 19.8 Å². The van der Waals surface area contributed by atoms with E-state index in [0.29, 0.717) is 31.0 Å². The minimum Gasteiger partial charge on any atom is -0.496 e. The van der Waals surface area contributed by atoms with Gasteiger partial charge in [-0.15, -0.1) is 0 Å². The fraction of sp³-hybridized carbons (Fsp3) is 0.600. The summed E-state index contributed by atoms with van der Waals surface area (Å²) in [6, 6.07) is 7.16. The molecule has 0 unspecified atom stereocenters. The Hall–Kier alpha value is -2.12. The predicted octanol–water partition coefficient (Wildman–Crippen LogP) is 1.81. The van der Waals surface area contributed by atoms with Crippen LogP contribution in [0, 0.1) is 0 Å². The molecule has 7 heteroatoms. The molecule has 27 heavy (non-hydrogen) atoms. The van der Waals surface area contributed by atoms with Crippen LogP contribution in [0.5, 0.6) is 5.75 Å². The number of para-hydroxylation sites is 1. The molecular formula is C20H30N2O5. The molecule has 1 amide bonds. The lowest BCUT2D eigenvalue weighted by Gasteiger charge is -2.28. The summed E-state index contributed by atoms with van der Waals surface area (Å²) in [7, 11) is 1.55. The molecule has 2 rings (SSSR count). The maximum atomic E-state index is 13.0. The van der Waals surface area contributed by atoms with Crippen molar-refractivity contribution in [2.75, 3.05) is 59.7 Å². The highest BCUT2D eigenvalue weighted by Crippen LogP contribution is 2.19. The van der Waals surface area contributed by atoms with Gasteiger partial charge in [-0.2, -0.15) is 0 Å². The Balaban J connectivity index is 1.98. The summed E-state index contributed by atoms with van der Waals surface area (Å²) in [5.41, 5.74) is 0.509. The number of carbonyl (C=O) groups is 2. The molecule has 1 aliphatic rings. The maximum Gasteiger partial charge on any atom is 0.307 e. The molecule has 1 fully saturated rings. The Labute approximate surface area is 161 Å². The standard InChI is InChI=1S/C20H30N2O5/c1-3-27-19(23)9-12-22(11-6-10-21-13-15-26-16-14-21)20(24)17-7-4-5-8-18(17)25-2/h4-5,7-8H,3,6,9-16H2,1-2H3. The third-order valence-electron chi connectivity index (χ3n) is 4.52. The van der Waals surface area contributed by atoms with Crippen LogP contribution in [0.2, 0.25) is 0 Å². The molecular weight excluding hydrogens is 348 g/mol. The lowest BCUT2D eigenvalue weighted by atomic mass is 10.1. The molecule has 0 aromatic heterocycles. The van der Waals surface area contributed by atoms with Crippen molar-refractivity contribution in [2.24, 2.45) is 0 Å². The van der Waals surface area contributed by atoms with Crippen LogP contribution in [0.1, 0.15) is 30.1 Å². The number of morpholine rings is 1. The van der Waals surface area contributed by atoms with E-state index >= 15 is 0 Å². The summed E-state index contributed by atoms with van der Waals surface area (Å²) >= 11 is 0. The van der Waals surface area contributed by atoms with Crippen molar-refractivity contribution >= 4 is 11.9 Å². The van der Waals surface area contributed by atoms with E-state index in [0.717, 1.165) is 39.3 Å². The Morgan fingerprint density at radius 1 is 1.19 bits per heavy atom. The van der Waals surface area contributed by atoms with Crippen molar-refractivity contribution in [3.05, 3.63) is 29.8 Å². The number of nitrogens with zero attached hydrogens (tertiary/aromatic N) is 2. The van der Waals surface area contributed by atoms with Gasteiger partial charge in [-0.1, -0.05) is 12.1 Å².